The topological polar surface area (TPSA) is 52.2 Å². The molecule has 0 radical (unpaired) electrons. The lowest BCUT2D eigenvalue weighted by Gasteiger charge is -2.38. The fourth-order valence-corrected chi connectivity index (χ4v) is 3.61. The van der Waals surface area contributed by atoms with Gasteiger partial charge < -0.3 is 15.2 Å². The number of nitrogens with one attached hydrogen (secondary N) is 1. The van der Waals surface area contributed by atoms with E-state index in [1.54, 1.807) is 0 Å². The molecule has 1 aliphatic carbocycles. The van der Waals surface area contributed by atoms with Gasteiger partial charge in [0.25, 0.3) is 0 Å². The molecule has 1 aliphatic heterocycles. The molecule has 2 aromatic carbocycles. The van der Waals surface area contributed by atoms with Gasteiger partial charge in [0.15, 0.2) is 0 Å². The van der Waals surface area contributed by atoms with Crippen LogP contribution < -0.4 is 10.4 Å². The number of fused-ring (bicyclic) bond motifs is 5. The minimum absolute atomic E-state index is 0.0540. The molecule has 0 saturated carbocycles. The summed E-state index contributed by atoms with van der Waals surface area (Å²) in [6.45, 7) is 0. The summed E-state index contributed by atoms with van der Waals surface area (Å²) in [5.74, 6) is -0.791. The molecule has 0 spiro atoms. The average Bonchev–Trinajstić information content (AvgIpc) is 2.94. The molecule has 0 amide bonds. The SMILES string of the molecule is O=C([O-])[C@H]1Nc2ccc3ccccc3c2[C@H]2C=CC[C@@H]12. The summed E-state index contributed by atoms with van der Waals surface area (Å²) in [5.41, 5.74) is 2.14. The van der Waals surface area contributed by atoms with E-state index in [2.05, 4.69) is 29.6 Å². The Morgan fingerprint density at radius 3 is 2.90 bits per heavy atom. The third-order valence-electron chi connectivity index (χ3n) is 4.51. The minimum atomic E-state index is -1.01. The Morgan fingerprint density at radius 2 is 2.05 bits per heavy atom. The minimum Gasteiger partial charge on any atom is -0.548 e. The highest BCUT2D eigenvalue weighted by atomic mass is 16.4. The lowest BCUT2D eigenvalue weighted by molar-refractivity contribution is -0.308. The van der Waals surface area contributed by atoms with Crippen molar-refractivity contribution in [1.29, 1.82) is 0 Å². The number of benzene rings is 2. The first-order valence-electron chi connectivity index (χ1n) is 6.91. The lowest BCUT2D eigenvalue weighted by Crippen LogP contribution is -2.48. The van der Waals surface area contributed by atoms with E-state index < -0.39 is 12.0 Å². The normalized spacial score (nSPS) is 26.9. The summed E-state index contributed by atoms with van der Waals surface area (Å²) in [4.78, 5) is 11.4. The van der Waals surface area contributed by atoms with Crippen LogP contribution in [0.4, 0.5) is 5.69 Å². The number of carbonyl (C=O) groups excluding carboxylic acids is 1. The van der Waals surface area contributed by atoms with Gasteiger partial charge in [0.1, 0.15) is 0 Å². The maximum Gasteiger partial charge on any atom is 0.0698 e. The van der Waals surface area contributed by atoms with E-state index in [4.69, 9.17) is 0 Å². The highest BCUT2D eigenvalue weighted by Gasteiger charge is 2.38. The van der Waals surface area contributed by atoms with Gasteiger partial charge in [0.05, 0.1) is 12.0 Å². The van der Waals surface area contributed by atoms with Crippen LogP contribution in [0.15, 0.2) is 48.6 Å². The quantitative estimate of drug-likeness (QED) is 0.802. The Morgan fingerprint density at radius 1 is 1.20 bits per heavy atom. The molecule has 20 heavy (non-hydrogen) atoms. The van der Waals surface area contributed by atoms with E-state index in [1.807, 2.05) is 24.3 Å². The molecule has 3 heteroatoms. The van der Waals surface area contributed by atoms with Crippen LogP contribution in [0.25, 0.3) is 10.8 Å². The highest BCUT2D eigenvalue weighted by Crippen LogP contribution is 2.47. The molecule has 0 bridgehead atoms. The first-order valence-corrected chi connectivity index (χ1v) is 6.91. The number of carboxylic acid groups (broad SMARTS) is 1. The molecular weight excluding hydrogens is 250 g/mol. The predicted molar refractivity (Wildman–Crippen MR) is 76.4 cm³/mol. The van der Waals surface area contributed by atoms with E-state index in [-0.39, 0.29) is 11.8 Å². The van der Waals surface area contributed by atoms with Gasteiger partial charge in [-0.15, -0.1) is 0 Å². The monoisotopic (exact) mass is 264 g/mol. The zero-order valence-electron chi connectivity index (χ0n) is 10.9. The van der Waals surface area contributed by atoms with Crippen LogP contribution in [0.1, 0.15) is 17.9 Å². The van der Waals surface area contributed by atoms with Crippen LogP contribution in [0, 0.1) is 5.92 Å². The zero-order chi connectivity index (χ0) is 13.7. The standard InChI is InChI=1S/C17H15NO2/c19-17(20)16-13-7-3-6-12(13)15-11-5-2-1-4-10(11)8-9-14(15)18-16/h1-6,8-9,12-13,16,18H,7H2,(H,19,20)/p-1/t12-,13+,16-/m0/s1. The number of anilines is 1. The molecule has 3 atom stereocenters. The van der Waals surface area contributed by atoms with Crippen LogP contribution in [0.3, 0.4) is 0 Å². The van der Waals surface area contributed by atoms with Crippen LogP contribution in [0.2, 0.25) is 0 Å². The molecule has 0 aromatic heterocycles. The Kier molecular flexibility index (Phi) is 2.36. The molecule has 0 unspecified atom stereocenters. The molecular formula is C17H14NO2-. The summed E-state index contributed by atoms with van der Waals surface area (Å²) in [7, 11) is 0. The third kappa shape index (κ3) is 1.49. The fraction of sp³-hybridized carbons (Fsp3) is 0.235. The molecule has 4 rings (SSSR count). The van der Waals surface area contributed by atoms with Gasteiger partial charge in [0, 0.05) is 11.6 Å². The molecule has 2 aliphatic rings. The first kappa shape index (κ1) is 11.5. The van der Waals surface area contributed by atoms with Crippen molar-refractivity contribution in [3.05, 3.63) is 54.1 Å². The molecule has 3 nitrogen and oxygen atoms in total. The second-order valence-electron chi connectivity index (χ2n) is 5.54. The number of hydrogen-bond donors (Lipinski definition) is 1. The number of carboxylic acids is 1. The van der Waals surface area contributed by atoms with Crippen molar-refractivity contribution in [2.75, 3.05) is 5.32 Å². The van der Waals surface area contributed by atoms with Gasteiger partial charge in [-0.05, 0) is 34.7 Å². The summed E-state index contributed by atoms with van der Waals surface area (Å²) in [6.07, 6.45) is 5.02. The van der Waals surface area contributed by atoms with E-state index in [9.17, 15) is 9.90 Å². The van der Waals surface area contributed by atoms with Crippen molar-refractivity contribution in [2.45, 2.75) is 18.4 Å². The molecule has 1 heterocycles. The number of hydrogen-bond acceptors (Lipinski definition) is 3. The smallest absolute Gasteiger partial charge is 0.0698 e. The fourth-order valence-electron chi connectivity index (χ4n) is 3.61. The Hall–Kier alpha value is -2.29. The third-order valence-corrected chi connectivity index (χ3v) is 4.51. The maximum absolute atomic E-state index is 11.4. The molecule has 1 N–H and O–H groups in total. The predicted octanol–water partition coefficient (Wildman–Crippen LogP) is 2.04. The van der Waals surface area contributed by atoms with Crippen molar-refractivity contribution in [3.8, 4) is 0 Å². The number of aliphatic carboxylic acids is 1. The van der Waals surface area contributed by atoms with Crippen molar-refractivity contribution < 1.29 is 9.90 Å². The number of carbonyl (C=O) groups is 1. The Labute approximate surface area is 116 Å². The van der Waals surface area contributed by atoms with Crippen molar-refractivity contribution in [2.24, 2.45) is 5.92 Å². The maximum atomic E-state index is 11.4. The largest absolute Gasteiger partial charge is 0.548 e. The van der Waals surface area contributed by atoms with Gasteiger partial charge in [-0.1, -0.05) is 42.5 Å². The van der Waals surface area contributed by atoms with Gasteiger partial charge in [-0.25, -0.2) is 0 Å². The van der Waals surface area contributed by atoms with Gasteiger partial charge in [-0.3, -0.25) is 0 Å². The van der Waals surface area contributed by atoms with Crippen molar-refractivity contribution in [3.63, 3.8) is 0 Å². The van der Waals surface area contributed by atoms with Crippen molar-refractivity contribution in [1.82, 2.24) is 0 Å². The van der Waals surface area contributed by atoms with Crippen LogP contribution in [0.5, 0.6) is 0 Å². The molecule has 0 fully saturated rings. The lowest BCUT2D eigenvalue weighted by atomic mass is 9.77. The van der Waals surface area contributed by atoms with Gasteiger partial charge in [0.2, 0.25) is 0 Å². The van der Waals surface area contributed by atoms with E-state index in [0.29, 0.717) is 0 Å². The Bertz CT molecular complexity index is 735. The van der Waals surface area contributed by atoms with Crippen LogP contribution in [-0.4, -0.2) is 12.0 Å². The number of allylic oxidation sites excluding steroid dienone is 2. The van der Waals surface area contributed by atoms with Gasteiger partial charge >= 0.3 is 0 Å². The molecule has 0 saturated heterocycles. The second kappa shape index (κ2) is 4.10. The van der Waals surface area contributed by atoms with Crippen LogP contribution >= 0.6 is 0 Å². The van der Waals surface area contributed by atoms with E-state index in [0.717, 1.165) is 12.1 Å². The summed E-state index contributed by atoms with van der Waals surface area (Å²) >= 11 is 0. The van der Waals surface area contributed by atoms with E-state index in [1.165, 1.54) is 16.3 Å². The second-order valence-corrected chi connectivity index (χ2v) is 5.54. The first-order chi connectivity index (χ1) is 9.75. The van der Waals surface area contributed by atoms with E-state index >= 15 is 0 Å². The number of rotatable bonds is 1. The van der Waals surface area contributed by atoms with Crippen molar-refractivity contribution >= 4 is 22.4 Å². The van der Waals surface area contributed by atoms with Crippen LogP contribution in [-0.2, 0) is 4.79 Å². The molecule has 100 valence electrons. The summed E-state index contributed by atoms with van der Waals surface area (Å²) in [5, 5.41) is 16.9. The summed E-state index contributed by atoms with van der Waals surface area (Å²) in [6, 6.07) is 11.7. The molecule has 2 aromatic rings. The summed E-state index contributed by atoms with van der Waals surface area (Å²) < 4.78 is 0. The highest BCUT2D eigenvalue weighted by molar-refractivity contribution is 5.93. The Balaban J connectivity index is 1.97. The van der Waals surface area contributed by atoms with Gasteiger partial charge in [-0.2, -0.15) is 0 Å². The zero-order valence-corrected chi connectivity index (χ0v) is 10.9. The average molecular weight is 264 g/mol.